The Labute approximate surface area is 155 Å². The standard InChI is InChI=1S/C20H18N2O5/c23-18(22-8-10-25-11-9-22)13-26-20(24)15-6-7-17-16(12-15)19(27-21-17)14-4-2-1-3-5-14/h1-7,12H,8-11,13H2. The van der Waals surface area contributed by atoms with Crippen molar-refractivity contribution >= 4 is 22.8 Å². The third-order valence-corrected chi connectivity index (χ3v) is 4.44. The predicted octanol–water partition coefficient (Wildman–Crippen LogP) is 2.51. The summed E-state index contributed by atoms with van der Waals surface area (Å²) in [6, 6.07) is 14.5. The molecule has 1 saturated heterocycles. The minimum Gasteiger partial charge on any atom is -0.452 e. The van der Waals surface area contributed by atoms with Gasteiger partial charge in [0.15, 0.2) is 12.4 Å². The maximum absolute atomic E-state index is 12.4. The predicted molar refractivity (Wildman–Crippen MR) is 97.1 cm³/mol. The van der Waals surface area contributed by atoms with E-state index in [1.807, 2.05) is 30.3 Å². The Morgan fingerprint density at radius 2 is 1.85 bits per heavy atom. The molecule has 1 aromatic heterocycles. The molecule has 1 aliphatic heterocycles. The number of morpholine rings is 1. The van der Waals surface area contributed by atoms with E-state index in [1.54, 1.807) is 23.1 Å². The van der Waals surface area contributed by atoms with Crippen molar-refractivity contribution in [3.05, 3.63) is 54.1 Å². The molecular weight excluding hydrogens is 348 g/mol. The van der Waals surface area contributed by atoms with Crippen molar-refractivity contribution in [1.29, 1.82) is 0 Å². The molecule has 1 amide bonds. The smallest absolute Gasteiger partial charge is 0.338 e. The second-order valence-electron chi connectivity index (χ2n) is 6.18. The number of esters is 1. The molecule has 2 aromatic carbocycles. The van der Waals surface area contributed by atoms with Crippen molar-refractivity contribution < 1.29 is 23.6 Å². The second kappa shape index (κ2) is 7.59. The lowest BCUT2D eigenvalue weighted by Gasteiger charge is -2.26. The number of benzene rings is 2. The summed E-state index contributed by atoms with van der Waals surface area (Å²) < 4.78 is 15.8. The summed E-state index contributed by atoms with van der Waals surface area (Å²) in [4.78, 5) is 26.1. The van der Waals surface area contributed by atoms with E-state index >= 15 is 0 Å². The maximum Gasteiger partial charge on any atom is 0.338 e. The zero-order valence-corrected chi connectivity index (χ0v) is 14.6. The Bertz CT molecular complexity index is 961. The highest BCUT2D eigenvalue weighted by atomic mass is 16.5. The number of rotatable bonds is 4. The van der Waals surface area contributed by atoms with Gasteiger partial charge in [0.2, 0.25) is 0 Å². The Balaban J connectivity index is 1.49. The van der Waals surface area contributed by atoms with Crippen LogP contribution in [0.1, 0.15) is 10.4 Å². The molecule has 0 bridgehead atoms. The molecule has 0 aliphatic carbocycles. The maximum atomic E-state index is 12.4. The quantitative estimate of drug-likeness (QED) is 0.660. The molecular formula is C20H18N2O5. The molecule has 7 heteroatoms. The van der Waals surface area contributed by atoms with E-state index in [1.165, 1.54) is 0 Å². The van der Waals surface area contributed by atoms with Crippen molar-refractivity contribution in [2.75, 3.05) is 32.9 Å². The fourth-order valence-electron chi connectivity index (χ4n) is 2.98. The lowest BCUT2D eigenvalue weighted by molar-refractivity contribution is -0.138. The van der Waals surface area contributed by atoms with Crippen LogP contribution in [0, 0.1) is 0 Å². The van der Waals surface area contributed by atoms with E-state index in [-0.39, 0.29) is 12.5 Å². The molecule has 0 N–H and O–H groups in total. The molecule has 4 rings (SSSR count). The van der Waals surface area contributed by atoms with Crippen molar-refractivity contribution in [3.63, 3.8) is 0 Å². The number of carbonyl (C=O) groups is 2. The molecule has 0 spiro atoms. The van der Waals surface area contributed by atoms with Crippen LogP contribution in [0.5, 0.6) is 0 Å². The number of carbonyl (C=O) groups excluding carboxylic acids is 2. The van der Waals surface area contributed by atoms with Crippen molar-refractivity contribution in [3.8, 4) is 11.3 Å². The number of hydrogen-bond acceptors (Lipinski definition) is 6. The third kappa shape index (κ3) is 3.68. The first kappa shape index (κ1) is 17.2. The topological polar surface area (TPSA) is 81.9 Å². The highest BCUT2D eigenvalue weighted by molar-refractivity contribution is 5.99. The average molecular weight is 366 g/mol. The van der Waals surface area contributed by atoms with Crippen molar-refractivity contribution in [1.82, 2.24) is 10.1 Å². The van der Waals surface area contributed by atoms with Gasteiger partial charge in [0.1, 0.15) is 5.52 Å². The minimum atomic E-state index is -0.557. The summed E-state index contributed by atoms with van der Waals surface area (Å²) in [6.45, 7) is 1.76. The molecule has 2 heterocycles. The average Bonchev–Trinajstić information content (AvgIpc) is 3.16. The number of aromatic nitrogens is 1. The Morgan fingerprint density at radius 1 is 1.07 bits per heavy atom. The molecule has 1 aliphatic rings. The molecule has 0 radical (unpaired) electrons. The monoisotopic (exact) mass is 366 g/mol. The first-order chi connectivity index (χ1) is 13.2. The van der Waals surface area contributed by atoms with Gasteiger partial charge in [-0.05, 0) is 18.2 Å². The number of fused-ring (bicyclic) bond motifs is 1. The summed E-state index contributed by atoms with van der Waals surface area (Å²) in [5.74, 6) is -0.189. The number of ether oxygens (including phenoxy) is 2. The highest BCUT2D eigenvalue weighted by Crippen LogP contribution is 2.29. The lowest BCUT2D eigenvalue weighted by Crippen LogP contribution is -2.42. The summed E-state index contributed by atoms with van der Waals surface area (Å²) in [6.07, 6.45) is 0. The third-order valence-electron chi connectivity index (χ3n) is 4.44. The van der Waals surface area contributed by atoms with E-state index in [9.17, 15) is 9.59 Å². The van der Waals surface area contributed by atoms with Crippen molar-refractivity contribution in [2.45, 2.75) is 0 Å². The first-order valence-corrected chi connectivity index (χ1v) is 8.70. The van der Waals surface area contributed by atoms with Gasteiger partial charge >= 0.3 is 5.97 Å². The normalized spacial score (nSPS) is 14.3. The molecule has 1 fully saturated rings. The largest absolute Gasteiger partial charge is 0.452 e. The van der Waals surface area contributed by atoms with E-state index < -0.39 is 5.97 Å². The highest BCUT2D eigenvalue weighted by Gasteiger charge is 2.20. The van der Waals surface area contributed by atoms with Crippen LogP contribution in [0.25, 0.3) is 22.2 Å². The van der Waals surface area contributed by atoms with E-state index in [4.69, 9.17) is 14.0 Å². The molecule has 7 nitrogen and oxygen atoms in total. The van der Waals surface area contributed by atoms with Gasteiger partial charge in [-0.25, -0.2) is 4.79 Å². The van der Waals surface area contributed by atoms with Crippen LogP contribution in [0.3, 0.4) is 0 Å². The molecule has 0 saturated carbocycles. The van der Waals surface area contributed by atoms with Gasteiger partial charge in [-0.1, -0.05) is 35.5 Å². The zero-order valence-electron chi connectivity index (χ0n) is 14.6. The van der Waals surface area contributed by atoms with Crippen molar-refractivity contribution in [2.24, 2.45) is 0 Å². The molecule has 3 aromatic rings. The lowest BCUT2D eigenvalue weighted by atomic mass is 10.1. The Morgan fingerprint density at radius 3 is 2.63 bits per heavy atom. The molecule has 27 heavy (non-hydrogen) atoms. The van der Waals surface area contributed by atoms with Gasteiger partial charge in [0, 0.05) is 18.7 Å². The number of amides is 1. The number of hydrogen-bond donors (Lipinski definition) is 0. The van der Waals surface area contributed by atoms with Gasteiger partial charge in [0.05, 0.1) is 24.2 Å². The van der Waals surface area contributed by atoms with E-state index in [0.717, 1.165) is 10.9 Å². The summed E-state index contributed by atoms with van der Waals surface area (Å²) in [7, 11) is 0. The van der Waals surface area contributed by atoms with Crippen LogP contribution in [-0.2, 0) is 14.3 Å². The summed E-state index contributed by atoms with van der Waals surface area (Å²) in [5.41, 5.74) is 1.86. The molecule has 0 atom stereocenters. The first-order valence-electron chi connectivity index (χ1n) is 8.70. The van der Waals surface area contributed by atoms with Gasteiger partial charge in [-0.2, -0.15) is 0 Å². The van der Waals surface area contributed by atoms with Gasteiger partial charge in [-0.3, -0.25) is 4.79 Å². The SMILES string of the molecule is O=C(OCC(=O)N1CCOCC1)c1ccc2noc(-c3ccccc3)c2c1. The van der Waals surface area contributed by atoms with E-state index in [0.29, 0.717) is 43.1 Å². The Kier molecular flexibility index (Phi) is 4.84. The van der Waals surface area contributed by atoms with Crippen LogP contribution in [-0.4, -0.2) is 54.8 Å². The second-order valence-corrected chi connectivity index (χ2v) is 6.18. The Hall–Kier alpha value is -3.19. The van der Waals surface area contributed by atoms with Crippen LogP contribution in [0.2, 0.25) is 0 Å². The molecule has 138 valence electrons. The van der Waals surface area contributed by atoms with Crippen LogP contribution in [0.15, 0.2) is 53.1 Å². The van der Waals surface area contributed by atoms with Gasteiger partial charge in [-0.15, -0.1) is 0 Å². The van der Waals surface area contributed by atoms with Gasteiger partial charge in [0.25, 0.3) is 5.91 Å². The minimum absolute atomic E-state index is 0.220. The summed E-state index contributed by atoms with van der Waals surface area (Å²) in [5, 5.41) is 4.75. The van der Waals surface area contributed by atoms with Gasteiger partial charge < -0.3 is 18.9 Å². The fraction of sp³-hybridized carbons (Fsp3) is 0.250. The van der Waals surface area contributed by atoms with Crippen LogP contribution >= 0.6 is 0 Å². The fourth-order valence-corrected chi connectivity index (χ4v) is 2.98. The van der Waals surface area contributed by atoms with Crippen LogP contribution in [0.4, 0.5) is 0 Å². The van der Waals surface area contributed by atoms with Crippen LogP contribution < -0.4 is 0 Å². The number of nitrogens with zero attached hydrogens (tertiary/aromatic N) is 2. The summed E-state index contributed by atoms with van der Waals surface area (Å²) >= 11 is 0. The zero-order chi connectivity index (χ0) is 18.6. The molecule has 0 unspecified atom stereocenters. The van der Waals surface area contributed by atoms with E-state index in [2.05, 4.69) is 5.16 Å².